The third-order valence-corrected chi connectivity index (χ3v) is 7.25. The Balaban J connectivity index is 1.54. The second-order valence-electron chi connectivity index (χ2n) is 8.58. The van der Waals surface area contributed by atoms with Crippen LogP contribution in [0.3, 0.4) is 0 Å². The summed E-state index contributed by atoms with van der Waals surface area (Å²) in [6.45, 7) is 7.21. The van der Waals surface area contributed by atoms with Crippen molar-refractivity contribution in [3.05, 3.63) is 22.9 Å². The van der Waals surface area contributed by atoms with Gasteiger partial charge in [-0.2, -0.15) is 0 Å². The Hall–Kier alpha value is -2.52. The first-order valence-electron chi connectivity index (χ1n) is 10.8. The highest BCUT2D eigenvalue weighted by molar-refractivity contribution is 7.19. The van der Waals surface area contributed by atoms with Gasteiger partial charge in [0.05, 0.1) is 29.5 Å². The number of carbonyl (C=O) groups excluding carboxylic acids is 2. The molecule has 3 aliphatic rings. The standard InChI is InChI=1S/C22H26N4O4S/c1-11-19(31-22(23-11)24-13(3)27)17-8-15-9-26(12(2)14-4-5-14)21(28)18(15)20(25-17)30-16-6-7-29-10-16/h8,12,14,16H,4-7,9-10H2,1-3H3,(H,23,24,27)/t12-,16?/m0/s1. The van der Waals surface area contributed by atoms with E-state index in [0.717, 1.165) is 22.6 Å². The molecule has 9 heteroatoms. The first kappa shape index (κ1) is 20.4. The van der Waals surface area contributed by atoms with Gasteiger partial charge >= 0.3 is 0 Å². The lowest BCUT2D eigenvalue weighted by Gasteiger charge is -2.24. The van der Waals surface area contributed by atoms with Crippen LogP contribution in [0.1, 0.15) is 54.7 Å². The molecule has 4 heterocycles. The predicted octanol–water partition coefficient (Wildman–Crippen LogP) is 3.39. The predicted molar refractivity (Wildman–Crippen MR) is 116 cm³/mol. The van der Waals surface area contributed by atoms with Gasteiger partial charge in [-0.1, -0.05) is 11.3 Å². The summed E-state index contributed by atoms with van der Waals surface area (Å²) in [5.74, 6) is 0.805. The molecule has 5 rings (SSSR count). The smallest absolute Gasteiger partial charge is 0.260 e. The lowest BCUT2D eigenvalue weighted by atomic mass is 10.1. The molecule has 2 fully saturated rings. The number of anilines is 1. The Kier molecular flexibility index (Phi) is 5.18. The molecule has 31 heavy (non-hydrogen) atoms. The topological polar surface area (TPSA) is 93.6 Å². The van der Waals surface area contributed by atoms with Crippen LogP contribution in [0.4, 0.5) is 5.13 Å². The van der Waals surface area contributed by atoms with Gasteiger partial charge in [0.15, 0.2) is 5.13 Å². The Morgan fingerprint density at radius 1 is 1.35 bits per heavy atom. The highest BCUT2D eigenvalue weighted by Gasteiger charge is 2.41. The summed E-state index contributed by atoms with van der Waals surface area (Å²) in [5, 5.41) is 3.28. The van der Waals surface area contributed by atoms with Crippen molar-refractivity contribution in [2.75, 3.05) is 18.5 Å². The zero-order valence-corrected chi connectivity index (χ0v) is 18.8. The van der Waals surface area contributed by atoms with E-state index in [0.29, 0.717) is 47.9 Å². The van der Waals surface area contributed by atoms with Crippen LogP contribution in [-0.4, -0.2) is 52.0 Å². The van der Waals surface area contributed by atoms with Crippen LogP contribution < -0.4 is 10.1 Å². The zero-order chi connectivity index (χ0) is 21.7. The largest absolute Gasteiger partial charge is 0.471 e. The number of fused-ring (bicyclic) bond motifs is 1. The van der Waals surface area contributed by atoms with Crippen LogP contribution in [0.15, 0.2) is 6.07 Å². The molecule has 1 N–H and O–H groups in total. The number of carbonyl (C=O) groups is 2. The number of ether oxygens (including phenoxy) is 2. The maximum Gasteiger partial charge on any atom is 0.260 e. The summed E-state index contributed by atoms with van der Waals surface area (Å²) < 4.78 is 11.6. The van der Waals surface area contributed by atoms with E-state index in [1.165, 1.54) is 31.1 Å². The molecule has 1 saturated heterocycles. The van der Waals surface area contributed by atoms with Gasteiger partial charge in [0.1, 0.15) is 11.7 Å². The minimum Gasteiger partial charge on any atom is -0.471 e. The monoisotopic (exact) mass is 442 g/mol. The van der Waals surface area contributed by atoms with Crippen LogP contribution in [0.2, 0.25) is 0 Å². The number of hydrogen-bond acceptors (Lipinski definition) is 7. The number of nitrogens with zero attached hydrogens (tertiary/aromatic N) is 3. The molecular weight excluding hydrogens is 416 g/mol. The van der Waals surface area contributed by atoms with Gasteiger partial charge in [-0.25, -0.2) is 9.97 Å². The molecular formula is C22H26N4O4S. The highest BCUT2D eigenvalue weighted by atomic mass is 32.1. The molecule has 2 atom stereocenters. The molecule has 2 aromatic rings. The van der Waals surface area contributed by atoms with Gasteiger partial charge in [0.2, 0.25) is 11.8 Å². The molecule has 0 bridgehead atoms. The quantitative estimate of drug-likeness (QED) is 0.737. The van der Waals surface area contributed by atoms with E-state index in [4.69, 9.17) is 14.5 Å². The van der Waals surface area contributed by atoms with Crippen LogP contribution >= 0.6 is 11.3 Å². The molecule has 0 spiro atoms. The Bertz CT molecular complexity index is 1040. The number of aryl methyl sites for hydroxylation is 1. The van der Waals surface area contributed by atoms with Crippen molar-refractivity contribution in [3.63, 3.8) is 0 Å². The summed E-state index contributed by atoms with van der Waals surface area (Å²) in [7, 11) is 0. The molecule has 0 radical (unpaired) electrons. The van der Waals surface area contributed by atoms with Crippen molar-refractivity contribution in [3.8, 4) is 16.5 Å². The number of thiazole rings is 1. The number of aromatic nitrogens is 2. The molecule has 2 amide bonds. The first-order chi connectivity index (χ1) is 14.9. The SMILES string of the molecule is CC(=O)Nc1nc(C)c(-c2cc3c(c(OC4CCOC4)n2)C(=O)N([C@@H](C)C2CC2)C3)s1. The van der Waals surface area contributed by atoms with Gasteiger partial charge < -0.3 is 19.7 Å². The number of hydrogen-bond donors (Lipinski definition) is 1. The minimum absolute atomic E-state index is 0.00215. The van der Waals surface area contributed by atoms with E-state index >= 15 is 0 Å². The van der Waals surface area contributed by atoms with Crippen molar-refractivity contribution in [1.29, 1.82) is 0 Å². The number of amides is 2. The number of pyridine rings is 1. The van der Waals surface area contributed by atoms with Gasteiger partial charge in [0.25, 0.3) is 5.91 Å². The second kappa shape index (κ2) is 7.87. The van der Waals surface area contributed by atoms with Gasteiger partial charge in [0, 0.05) is 25.9 Å². The summed E-state index contributed by atoms with van der Waals surface area (Å²) in [6, 6.07) is 2.19. The molecule has 2 aromatic heterocycles. The molecule has 1 saturated carbocycles. The number of rotatable bonds is 6. The van der Waals surface area contributed by atoms with Crippen molar-refractivity contribution in [2.24, 2.45) is 5.92 Å². The average molecular weight is 443 g/mol. The molecule has 1 unspecified atom stereocenters. The minimum atomic E-state index is -0.164. The molecule has 8 nitrogen and oxygen atoms in total. The van der Waals surface area contributed by atoms with Crippen LogP contribution in [0.25, 0.3) is 10.6 Å². The highest BCUT2D eigenvalue weighted by Crippen LogP contribution is 2.42. The molecule has 1 aliphatic carbocycles. The maximum atomic E-state index is 13.3. The first-order valence-corrected chi connectivity index (χ1v) is 11.6. The normalized spacial score (nSPS) is 21.3. The molecule has 164 valence electrons. The summed E-state index contributed by atoms with van der Waals surface area (Å²) in [4.78, 5) is 36.8. The summed E-state index contributed by atoms with van der Waals surface area (Å²) in [5.41, 5.74) is 3.01. The zero-order valence-electron chi connectivity index (χ0n) is 17.9. The van der Waals surface area contributed by atoms with E-state index < -0.39 is 0 Å². The van der Waals surface area contributed by atoms with E-state index in [1.807, 2.05) is 17.9 Å². The lowest BCUT2D eigenvalue weighted by Crippen LogP contribution is -2.35. The fourth-order valence-electron chi connectivity index (χ4n) is 4.29. The number of nitrogens with one attached hydrogen (secondary N) is 1. The fraction of sp³-hybridized carbons (Fsp3) is 0.545. The summed E-state index contributed by atoms with van der Waals surface area (Å²) >= 11 is 1.38. The maximum absolute atomic E-state index is 13.3. The third-order valence-electron chi connectivity index (χ3n) is 6.16. The second-order valence-corrected chi connectivity index (χ2v) is 9.58. The third kappa shape index (κ3) is 3.92. The fourth-order valence-corrected chi connectivity index (χ4v) is 5.26. The van der Waals surface area contributed by atoms with Crippen molar-refractivity contribution >= 4 is 28.3 Å². The van der Waals surface area contributed by atoms with E-state index in [9.17, 15) is 9.59 Å². The van der Waals surface area contributed by atoms with Gasteiger partial charge in [-0.05, 0) is 44.2 Å². The van der Waals surface area contributed by atoms with Crippen LogP contribution in [0.5, 0.6) is 5.88 Å². The van der Waals surface area contributed by atoms with Crippen LogP contribution in [0, 0.1) is 12.8 Å². The van der Waals surface area contributed by atoms with Gasteiger partial charge in [-0.3, -0.25) is 9.59 Å². The Labute approximate surface area is 185 Å². The van der Waals surface area contributed by atoms with E-state index in [1.54, 1.807) is 0 Å². The van der Waals surface area contributed by atoms with Crippen molar-refractivity contribution in [1.82, 2.24) is 14.9 Å². The molecule has 2 aliphatic heterocycles. The Morgan fingerprint density at radius 2 is 2.16 bits per heavy atom. The molecule has 0 aromatic carbocycles. The average Bonchev–Trinajstić information content (AvgIpc) is 3.17. The van der Waals surface area contributed by atoms with E-state index in [2.05, 4.69) is 17.2 Å². The van der Waals surface area contributed by atoms with Crippen LogP contribution in [-0.2, 0) is 16.1 Å². The van der Waals surface area contributed by atoms with Crippen molar-refractivity contribution < 1.29 is 19.1 Å². The lowest BCUT2D eigenvalue weighted by molar-refractivity contribution is -0.114. The van der Waals surface area contributed by atoms with Crippen molar-refractivity contribution in [2.45, 2.75) is 58.7 Å². The summed E-state index contributed by atoms with van der Waals surface area (Å²) in [6.07, 6.45) is 3.04. The van der Waals surface area contributed by atoms with E-state index in [-0.39, 0.29) is 24.0 Å². The van der Waals surface area contributed by atoms with Gasteiger partial charge in [-0.15, -0.1) is 0 Å². The Morgan fingerprint density at radius 3 is 2.84 bits per heavy atom.